The molecule has 3 rings (SSSR count). The molecule has 1 amide bonds. The standard InChI is InChI=1S/C25H31N3O3S/c1-4-28(5-2)32(30,31)22-18-24(27(3)19-22)25(29)26-17-16-23(20-12-8-6-9-13-20)21-14-10-7-11-15-21/h6-15,18-19,23H,4-5,16-17H2,1-3H3,(H,26,29). The van der Waals surface area contributed by atoms with E-state index in [1.165, 1.54) is 27.7 Å². The van der Waals surface area contributed by atoms with Crippen molar-refractivity contribution < 1.29 is 13.2 Å². The van der Waals surface area contributed by atoms with Crippen LogP contribution in [0.4, 0.5) is 0 Å². The zero-order valence-corrected chi connectivity index (χ0v) is 19.7. The number of rotatable bonds is 10. The summed E-state index contributed by atoms with van der Waals surface area (Å²) in [5.74, 6) is -0.127. The van der Waals surface area contributed by atoms with Crippen molar-refractivity contribution in [1.29, 1.82) is 0 Å². The lowest BCUT2D eigenvalue weighted by Gasteiger charge is -2.18. The fraction of sp³-hybridized carbons (Fsp3) is 0.320. The van der Waals surface area contributed by atoms with Gasteiger partial charge < -0.3 is 9.88 Å². The maximum Gasteiger partial charge on any atom is 0.267 e. The number of hydrogen-bond donors (Lipinski definition) is 1. The zero-order valence-electron chi connectivity index (χ0n) is 18.9. The van der Waals surface area contributed by atoms with E-state index in [2.05, 4.69) is 29.6 Å². The third kappa shape index (κ3) is 5.29. The molecule has 0 fully saturated rings. The van der Waals surface area contributed by atoms with Crippen LogP contribution in [-0.4, -0.2) is 42.8 Å². The summed E-state index contributed by atoms with van der Waals surface area (Å²) < 4.78 is 28.5. The van der Waals surface area contributed by atoms with Crippen LogP contribution in [-0.2, 0) is 17.1 Å². The van der Waals surface area contributed by atoms with Crippen LogP contribution < -0.4 is 5.32 Å². The molecule has 6 nitrogen and oxygen atoms in total. The average Bonchev–Trinajstić information content (AvgIpc) is 3.21. The number of nitrogens with one attached hydrogen (secondary N) is 1. The topological polar surface area (TPSA) is 71.4 Å². The van der Waals surface area contributed by atoms with Gasteiger partial charge in [0, 0.05) is 38.8 Å². The number of nitrogens with zero attached hydrogens (tertiary/aromatic N) is 2. The van der Waals surface area contributed by atoms with Crippen molar-refractivity contribution in [2.75, 3.05) is 19.6 Å². The Hall–Kier alpha value is -2.90. The molecule has 32 heavy (non-hydrogen) atoms. The van der Waals surface area contributed by atoms with Gasteiger partial charge in [-0.1, -0.05) is 74.5 Å². The Bertz CT molecular complexity index is 1080. The molecule has 0 aliphatic carbocycles. The van der Waals surface area contributed by atoms with Crippen molar-refractivity contribution in [3.05, 3.63) is 89.7 Å². The summed E-state index contributed by atoms with van der Waals surface area (Å²) in [6.07, 6.45) is 2.23. The van der Waals surface area contributed by atoms with E-state index in [-0.39, 0.29) is 16.7 Å². The molecule has 0 unspecified atom stereocenters. The highest BCUT2D eigenvalue weighted by Gasteiger charge is 2.25. The molecule has 1 heterocycles. The summed E-state index contributed by atoms with van der Waals surface area (Å²) in [7, 11) is -1.92. The second-order valence-electron chi connectivity index (χ2n) is 7.68. The van der Waals surface area contributed by atoms with Crippen molar-refractivity contribution in [1.82, 2.24) is 14.2 Å². The number of carbonyl (C=O) groups excluding carboxylic acids is 1. The van der Waals surface area contributed by atoms with E-state index in [1.54, 1.807) is 25.5 Å². The van der Waals surface area contributed by atoms with Crippen molar-refractivity contribution in [2.24, 2.45) is 7.05 Å². The van der Waals surface area contributed by atoms with Gasteiger partial charge in [0.15, 0.2) is 0 Å². The number of aromatic nitrogens is 1. The Balaban J connectivity index is 1.72. The molecule has 1 N–H and O–H groups in total. The molecule has 0 radical (unpaired) electrons. The summed E-state index contributed by atoms with van der Waals surface area (Å²) in [4.78, 5) is 13.0. The second-order valence-corrected chi connectivity index (χ2v) is 9.62. The maximum atomic E-state index is 12.8. The Morgan fingerprint density at radius 1 is 0.969 bits per heavy atom. The monoisotopic (exact) mass is 453 g/mol. The van der Waals surface area contributed by atoms with Crippen LogP contribution >= 0.6 is 0 Å². The van der Waals surface area contributed by atoms with Crippen LogP contribution in [0.15, 0.2) is 77.8 Å². The van der Waals surface area contributed by atoms with Crippen LogP contribution in [0.1, 0.15) is 47.8 Å². The van der Waals surface area contributed by atoms with Crippen molar-refractivity contribution >= 4 is 15.9 Å². The van der Waals surface area contributed by atoms with E-state index >= 15 is 0 Å². The van der Waals surface area contributed by atoms with Crippen molar-refractivity contribution in [3.63, 3.8) is 0 Å². The summed E-state index contributed by atoms with van der Waals surface area (Å²) in [6, 6.07) is 21.9. The second kappa shape index (κ2) is 10.6. The maximum absolute atomic E-state index is 12.8. The highest BCUT2D eigenvalue weighted by atomic mass is 32.2. The Morgan fingerprint density at radius 2 is 1.50 bits per heavy atom. The molecular formula is C25H31N3O3S. The Labute approximate surface area is 190 Å². The Kier molecular flexibility index (Phi) is 7.88. The van der Waals surface area contributed by atoms with E-state index in [1.807, 2.05) is 36.4 Å². The van der Waals surface area contributed by atoms with Gasteiger partial charge in [0.2, 0.25) is 10.0 Å². The molecule has 0 bridgehead atoms. The largest absolute Gasteiger partial charge is 0.351 e. The number of benzene rings is 2. The minimum atomic E-state index is -3.61. The predicted molar refractivity (Wildman–Crippen MR) is 127 cm³/mol. The van der Waals surface area contributed by atoms with Gasteiger partial charge in [-0.15, -0.1) is 0 Å². The molecule has 0 saturated carbocycles. The molecule has 0 atom stereocenters. The SMILES string of the molecule is CCN(CC)S(=O)(=O)c1cc(C(=O)NCCC(c2ccccc2)c2ccccc2)n(C)c1. The van der Waals surface area contributed by atoms with Gasteiger partial charge in [-0.05, 0) is 23.6 Å². The van der Waals surface area contributed by atoms with E-state index in [4.69, 9.17) is 0 Å². The van der Waals surface area contributed by atoms with Gasteiger partial charge in [-0.25, -0.2) is 8.42 Å². The molecule has 0 saturated heterocycles. The summed E-state index contributed by atoms with van der Waals surface area (Å²) >= 11 is 0. The first kappa shape index (κ1) is 23.8. The van der Waals surface area contributed by atoms with Crippen LogP contribution in [0.25, 0.3) is 0 Å². The number of carbonyl (C=O) groups is 1. The Morgan fingerprint density at radius 3 is 2.00 bits per heavy atom. The van der Waals surface area contributed by atoms with Gasteiger partial charge in [0.25, 0.3) is 5.91 Å². The zero-order chi connectivity index (χ0) is 23.1. The van der Waals surface area contributed by atoms with E-state index in [9.17, 15) is 13.2 Å². The lowest BCUT2D eigenvalue weighted by molar-refractivity contribution is 0.0944. The first-order valence-electron chi connectivity index (χ1n) is 10.9. The normalized spacial score (nSPS) is 11.8. The third-order valence-corrected chi connectivity index (χ3v) is 7.69. The van der Waals surface area contributed by atoms with Gasteiger partial charge in [0.1, 0.15) is 10.6 Å². The molecule has 1 aromatic heterocycles. The molecule has 0 aliphatic rings. The average molecular weight is 454 g/mol. The smallest absolute Gasteiger partial charge is 0.267 e. The van der Waals surface area contributed by atoms with Crippen LogP contribution in [0, 0.1) is 0 Å². The minimum Gasteiger partial charge on any atom is -0.351 e. The number of sulfonamides is 1. The number of aryl methyl sites for hydroxylation is 1. The van der Waals surface area contributed by atoms with Gasteiger partial charge >= 0.3 is 0 Å². The molecule has 170 valence electrons. The molecule has 0 spiro atoms. The number of hydrogen-bond acceptors (Lipinski definition) is 3. The molecule has 2 aromatic carbocycles. The van der Waals surface area contributed by atoms with E-state index in [0.717, 1.165) is 6.42 Å². The summed E-state index contributed by atoms with van der Waals surface area (Å²) in [5.41, 5.74) is 2.71. The van der Waals surface area contributed by atoms with Crippen LogP contribution in [0.2, 0.25) is 0 Å². The predicted octanol–water partition coefficient (Wildman–Crippen LogP) is 4.01. The van der Waals surface area contributed by atoms with Gasteiger partial charge in [-0.3, -0.25) is 4.79 Å². The first-order valence-corrected chi connectivity index (χ1v) is 12.4. The number of amides is 1. The molecular weight excluding hydrogens is 422 g/mol. The molecule has 0 aliphatic heterocycles. The fourth-order valence-corrected chi connectivity index (χ4v) is 5.46. The molecule has 7 heteroatoms. The molecule has 3 aromatic rings. The van der Waals surface area contributed by atoms with E-state index in [0.29, 0.717) is 25.3 Å². The summed E-state index contributed by atoms with van der Waals surface area (Å²) in [6.45, 7) is 4.84. The van der Waals surface area contributed by atoms with Crippen molar-refractivity contribution in [3.8, 4) is 0 Å². The highest BCUT2D eigenvalue weighted by molar-refractivity contribution is 7.89. The van der Waals surface area contributed by atoms with Gasteiger partial charge in [0.05, 0.1) is 0 Å². The lowest BCUT2D eigenvalue weighted by atomic mass is 9.88. The first-order chi connectivity index (χ1) is 15.4. The van der Waals surface area contributed by atoms with Crippen LogP contribution in [0.3, 0.4) is 0 Å². The van der Waals surface area contributed by atoms with E-state index < -0.39 is 10.0 Å². The van der Waals surface area contributed by atoms with Gasteiger partial charge in [-0.2, -0.15) is 4.31 Å². The highest BCUT2D eigenvalue weighted by Crippen LogP contribution is 2.27. The third-order valence-electron chi connectivity index (χ3n) is 5.68. The minimum absolute atomic E-state index is 0.139. The quantitative estimate of drug-likeness (QED) is 0.504. The fourth-order valence-electron chi connectivity index (χ4n) is 3.93. The van der Waals surface area contributed by atoms with Crippen molar-refractivity contribution in [2.45, 2.75) is 31.1 Å². The summed E-state index contributed by atoms with van der Waals surface area (Å²) in [5, 5.41) is 2.96. The lowest BCUT2D eigenvalue weighted by Crippen LogP contribution is -2.30. The van der Waals surface area contributed by atoms with Crippen LogP contribution in [0.5, 0.6) is 0 Å².